The smallest absolute Gasteiger partial charge is 0.231 e. The van der Waals surface area contributed by atoms with Gasteiger partial charge in [-0.15, -0.1) is 0 Å². The van der Waals surface area contributed by atoms with E-state index in [1.165, 1.54) is 5.56 Å². The van der Waals surface area contributed by atoms with Crippen molar-refractivity contribution in [1.29, 1.82) is 0 Å². The van der Waals surface area contributed by atoms with Crippen LogP contribution in [0.4, 0.5) is 0 Å². The average molecular weight is 381 g/mol. The van der Waals surface area contributed by atoms with Gasteiger partial charge in [0.25, 0.3) is 0 Å². The number of aliphatic imine (C=N–C) groups is 1. The number of rotatable bonds is 5. The quantitative estimate of drug-likeness (QED) is 0.637. The summed E-state index contributed by atoms with van der Waals surface area (Å²) >= 11 is 0. The molecule has 0 bridgehead atoms. The highest BCUT2D eigenvalue weighted by Crippen LogP contribution is 2.32. The molecule has 0 atom stereocenters. The summed E-state index contributed by atoms with van der Waals surface area (Å²) in [6.45, 7) is 3.03. The lowest BCUT2D eigenvalue weighted by atomic mass is 10.1. The maximum absolute atomic E-state index is 6.08. The van der Waals surface area contributed by atoms with E-state index < -0.39 is 0 Å². The summed E-state index contributed by atoms with van der Waals surface area (Å²) < 4.78 is 16.9. The van der Waals surface area contributed by atoms with E-state index in [2.05, 4.69) is 27.3 Å². The average Bonchev–Trinajstić information content (AvgIpc) is 3.21. The first-order chi connectivity index (χ1) is 13.8. The molecular formula is C22H27N3O3. The molecule has 1 saturated heterocycles. The summed E-state index contributed by atoms with van der Waals surface area (Å²) in [5.41, 5.74) is 1.22. The molecule has 6 nitrogen and oxygen atoms in total. The van der Waals surface area contributed by atoms with Crippen molar-refractivity contribution in [3.63, 3.8) is 0 Å². The number of para-hydroxylation sites is 1. The second-order valence-corrected chi connectivity index (χ2v) is 7.03. The van der Waals surface area contributed by atoms with Gasteiger partial charge in [0, 0.05) is 39.5 Å². The first-order valence-corrected chi connectivity index (χ1v) is 9.87. The largest absolute Gasteiger partial charge is 0.490 e. The van der Waals surface area contributed by atoms with Crippen LogP contribution in [0.25, 0.3) is 0 Å². The van der Waals surface area contributed by atoms with Gasteiger partial charge in [0.15, 0.2) is 17.5 Å². The number of piperidine rings is 1. The predicted octanol–water partition coefficient (Wildman–Crippen LogP) is 3.08. The summed E-state index contributed by atoms with van der Waals surface area (Å²) in [4.78, 5) is 6.77. The molecule has 0 aliphatic carbocycles. The molecule has 2 aliphatic rings. The van der Waals surface area contributed by atoms with Crippen LogP contribution >= 0.6 is 0 Å². The zero-order chi connectivity index (χ0) is 19.2. The van der Waals surface area contributed by atoms with E-state index in [9.17, 15) is 0 Å². The first kappa shape index (κ1) is 18.5. The Kier molecular flexibility index (Phi) is 5.85. The lowest BCUT2D eigenvalue weighted by molar-refractivity contribution is 0.129. The highest BCUT2D eigenvalue weighted by atomic mass is 16.7. The lowest BCUT2D eigenvalue weighted by Crippen LogP contribution is -2.47. The van der Waals surface area contributed by atoms with Gasteiger partial charge in [-0.1, -0.05) is 24.3 Å². The Labute approximate surface area is 166 Å². The van der Waals surface area contributed by atoms with Gasteiger partial charge < -0.3 is 24.4 Å². The summed E-state index contributed by atoms with van der Waals surface area (Å²) in [5, 5.41) is 3.48. The summed E-state index contributed by atoms with van der Waals surface area (Å²) in [7, 11) is 1.84. The van der Waals surface area contributed by atoms with Gasteiger partial charge in [-0.25, -0.2) is 0 Å². The van der Waals surface area contributed by atoms with Crippen molar-refractivity contribution in [3.05, 3.63) is 54.1 Å². The van der Waals surface area contributed by atoms with Crippen LogP contribution in [-0.4, -0.2) is 50.4 Å². The van der Waals surface area contributed by atoms with E-state index in [-0.39, 0.29) is 6.10 Å². The van der Waals surface area contributed by atoms with Gasteiger partial charge in [0.05, 0.1) is 0 Å². The zero-order valence-corrected chi connectivity index (χ0v) is 16.3. The number of benzene rings is 2. The number of ether oxygens (including phenoxy) is 3. The summed E-state index contributed by atoms with van der Waals surface area (Å²) in [6.07, 6.45) is 3.17. The molecule has 2 aromatic rings. The van der Waals surface area contributed by atoms with E-state index in [1.807, 2.05) is 43.4 Å². The molecule has 2 aliphatic heterocycles. The van der Waals surface area contributed by atoms with Crippen LogP contribution in [0.1, 0.15) is 18.4 Å². The predicted molar refractivity (Wildman–Crippen MR) is 109 cm³/mol. The van der Waals surface area contributed by atoms with Crippen LogP contribution in [0.3, 0.4) is 0 Å². The fraction of sp³-hybridized carbons (Fsp3) is 0.409. The van der Waals surface area contributed by atoms with Crippen LogP contribution in [0.5, 0.6) is 17.2 Å². The van der Waals surface area contributed by atoms with Gasteiger partial charge >= 0.3 is 0 Å². The molecule has 0 saturated carbocycles. The Balaban J connectivity index is 1.22. The van der Waals surface area contributed by atoms with E-state index in [4.69, 9.17) is 14.2 Å². The number of nitrogens with zero attached hydrogens (tertiary/aromatic N) is 2. The van der Waals surface area contributed by atoms with Crippen molar-refractivity contribution in [2.75, 3.05) is 33.5 Å². The molecular weight excluding hydrogens is 354 g/mol. The standard InChI is InChI=1S/C22H27N3O3/c1-23-22(24-12-9-17-7-8-20-21(15-17)27-16-26-20)25-13-10-19(11-14-25)28-18-5-3-2-4-6-18/h2-8,15,19H,9-14,16H2,1H3,(H,23,24). The van der Waals surface area contributed by atoms with E-state index in [1.54, 1.807) is 0 Å². The Morgan fingerprint density at radius 1 is 1.11 bits per heavy atom. The van der Waals surface area contributed by atoms with Crippen LogP contribution in [0, 0.1) is 0 Å². The maximum atomic E-state index is 6.08. The highest BCUT2D eigenvalue weighted by Gasteiger charge is 2.22. The van der Waals surface area contributed by atoms with Crippen LogP contribution in [0.15, 0.2) is 53.5 Å². The van der Waals surface area contributed by atoms with E-state index in [0.717, 1.165) is 62.1 Å². The fourth-order valence-electron chi connectivity index (χ4n) is 3.62. The van der Waals surface area contributed by atoms with Crippen molar-refractivity contribution in [1.82, 2.24) is 10.2 Å². The van der Waals surface area contributed by atoms with Gasteiger partial charge in [-0.3, -0.25) is 4.99 Å². The minimum atomic E-state index is 0.269. The van der Waals surface area contributed by atoms with E-state index >= 15 is 0 Å². The summed E-state index contributed by atoms with van der Waals surface area (Å²) in [5.74, 6) is 3.57. The Morgan fingerprint density at radius 2 is 1.89 bits per heavy atom. The lowest BCUT2D eigenvalue weighted by Gasteiger charge is -2.34. The zero-order valence-electron chi connectivity index (χ0n) is 16.3. The monoisotopic (exact) mass is 381 g/mol. The number of hydrogen-bond donors (Lipinski definition) is 1. The third kappa shape index (κ3) is 4.50. The van der Waals surface area contributed by atoms with Gasteiger partial charge in [-0.2, -0.15) is 0 Å². The number of nitrogens with one attached hydrogen (secondary N) is 1. The second-order valence-electron chi connectivity index (χ2n) is 7.03. The SMILES string of the molecule is CN=C(NCCc1ccc2c(c1)OCO2)N1CCC(Oc2ccccc2)CC1. The third-order valence-electron chi connectivity index (χ3n) is 5.13. The molecule has 1 N–H and O–H groups in total. The molecule has 148 valence electrons. The fourth-order valence-corrected chi connectivity index (χ4v) is 3.62. The van der Waals surface area contributed by atoms with Gasteiger partial charge in [-0.05, 0) is 36.2 Å². The molecule has 28 heavy (non-hydrogen) atoms. The highest BCUT2D eigenvalue weighted by molar-refractivity contribution is 5.80. The third-order valence-corrected chi connectivity index (χ3v) is 5.13. The molecule has 0 unspecified atom stereocenters. The molecule has 0 radical (unpaired) electrons. The summed E-state index contributed by atoms with van der Waals surface area (Å²) in [6, 6.07) is 16.2. The topological polar surface area (TPSA) is 55.3 Å². The van der Waals surface area contributed by atoms with Gasteiger partial charge in [0.2, 0.25) is 6.79 Å². The van der Waals surface area contributed by atoms with Crippen molar-refractivity contribution >= 4 is 5.96 Å². The number of likely N-dealkylation sites (tertiary alicyclic amines) is 1. The molecule has 4 rings (SSSR count). The Morgan fingerprint density at radius 3 is 2.68 bits per heavy atom. The normalized spacial score (nSPS) is 16.9. The van der Waals surface area contributed by atoms with Crippen molar-refractivity contribution in [2.24, 2.45) is 4.99 Å². The van der Waals surface area contributed by atoms with Crippen molar-refractivity contribution < 1.29 is 14.2 Å². The number of fused-ring (bicyclic) bond motifs is 1. The Hall–Kier alpha value is -2.89. The van der Waals surface area contributed by atoms with Gasteiger partial charge in [0.1, 0.15) is 11.9 Å². The molecule has 2 heterocycles. The molecule has 0 aromatic heterocycles. The number of hydrogen-bond acceptors (Lipinski definition) is 4. The van der Waals surface area contributed by atoms with E-state index in [0.29, 0.717) is 6.79 Å². The minimum Gasteiger partial charge on any atom is -0.490 e. The molecule has 1 fully saturated rings. The molecule has 0 spiro atoms. The Bertz CT molecular complexity index is 802. The van der Waals surface area contributed by atoms with Crippen LogP contribution in [-0.2, 0) is 6.42 Å². The van der Waals surface area contributed by atoms with Crippen LogP contribution < -0.4 is 19.5 Å². The van der Waals surface area contributed by atoms with Crippen molar-refractivity contribution in [2.45, 2.75) is 25.4 Å². The second kappa shape index (κ2) is 8.87. The first-order valence-electron chi connectivity index (χ1n) is 9.87. The van der Waals surface area contributed by atoms with Crippen LogP contribution in [0.2, 0.25) is 0 Å². The molecule has 2 aromatic carbocycles. The van der Waals surface area contributed by atoms with Crippen molar-refractivity contribution in [3.8, 4) is 17.2 Å². The molecule has 6 heteroatoms. The maximum Gasteiger partial charge on any atom is 0.231 e. The number of guanidine groups is 1. The molecule has 0 amide bonds. The minimum absolute atomic E-state index is 0.269.